The molecule has 0 aromatic heterocycles. The molecule has 1 aromatic carbocycles. The van der Waals surface area contributed by atoms with Crippen molar-refractivity contribution in [3.63, 3.8) is 0 Å². The number of rotatable bonds is 36. The van der Waals surface area contributed by atoms with Crippen molar-refractivity contribution in [1.82, 2.24) is 117 Å². The molecule has 59 nitrogen and oxygen atoms in total. The molecular weight excluding hydrogens is 1950 g/mol. The molecule has 0 bridgehead atoms. The lowest BCUT2D eigenvalue weighted by Crippen LogP contribution is -2.61. The Bertz CT molecular complexity index is 4650. The molecule has 1 aliphatic heterocycles. The van der Waals surface area contributed by atoms with Crippen LogP contribution in [0.2, 0.25) is 0 Å². The van der Waals surface area contributed by atoms with Gasteiger partial charge in [0.25, 0.3) is 0 Å². The number of benzene rings is 1. The Labute approximate surface area is 833 Å². The monoisotopic (exact) mass is 2080 g/mol. The van der Waals surface area contributed by atoms with Crippen molar-refractivity contribution < 1.29 is 146 Å². The average molecular weight is 2080 g/mol. The second-order valence-electron chi connectivity index (χ2n) is 33.4. The Morgan fingerprint density at radius 3 is 1.40 bits per heavy atom. The van der Waals surface area contributed by atoms with Gasteiger partial charge in [-0.25, -0.2) is 4.79 Å². The predicted molar refractivity (Wildman–Crippen MR) is 510 cm³/mol. The lowest BCUT2D eigenvalue weighted by atomic mass is 9.96. The van der Waals surface area contributed by atoms with E-state index in [1.54, 1.807) is 33.8 Å². The molecule has 40 N–H and O–H groups in total. The fraction of sp³-hybridized carbons (Fsp3) is 0.614. The first-order chi connectivity index (χ1) is 67.8. The van der Waals surface area contributed by atoms with Gasteiger partial charge in [-0.05, 0) is 68.8 Å². The van der Waals surface area contributed by atoms with Gasteiger partial charge in [0, 0.05) is 37.4 Å². The summed E-state index contributed by atoms with van der Waals surface area (Å²) in [6.07, 6.45) is -4.54. The zero-order valence-electron chi connectivity index (χ0n) is 80.2. The predicted octanol–water partition coefficient (Wildman–Crippen LogP) is -15.8. The molecule has 804 valence electrons. The minimum atomic E-state index is -2.07. The fourth-order valence-corrected chi connectivity index (χ4v) is 15.2. The number of guanidine groups is 2. The van der Waals surface area contributed by atoms with Gasteiger partial charge in [-0.15, -0.1) is 0 Å². The Morgan fingerprint density at radius 1 is 0.444 bits per heavy atom. The van der Waals surface area contributed by atoms with Crippen molar-refractivity contribution in [3.05, 3.63) is 35.9 Å². The van der Waals surface area contributed by atoms with Crippen LogP contribution in [0.4, 0.5) is 0 Å². The average Bonchev–Trinajstić information content (AvgIpc) is 0.838. The SMILES string of the molecule is CC[C@H](C)[C@@H]1NC(=O)[C@H](CCCNC(=N)N)NC(=O)[C@H](CC(=O)O)NC(=O)[C@H]([C@@H](C)CC)NC(=O)[C@H](CCCNC(=N)N)NC(=O)CNC(=O)CNC(=O)[C@H](Cc2ccccc2)NC(=O)[C@@H](NC(=O)[C@H](CO)NC(=O)[C@@H](N)CO)CSSC[C@@H](C(=O)N[C@@H](CC(N)=O)C(=O)N[C@@H](CO)C(=O)O)NC(=O)CNC(=O)[C@H](CC(C)C)NC(=O)CNC(=O)[C@H](CO)NC(=O)[C@H](CCC(N)=O)NC(=O)[C@H](C)NC(=O)CNC1=O. The maximum absolute atomic E-state index is 14.8. The summed E-state index contributed by atoms with van der Waals surface area (Å²) in [5, 5.41) is 126. The zero-order valence-corrected chi connectivity index (χ0v) is 81.9. The normalized spacial score (nSPS) is 22.9. The van der Waals surface area contributed by atoms with Crippen molar-refractivity contribution in [2.24, 2.45) is 46.4 Å². The Hall–Kier alpha value is -14.5. The maximum atomic E-state index is 14.8. The van der Waals surface area contributed by atoms with E-state index in [0.29, 0.717) is 27.2 Å². The summed E-state index contributed by atoms with van der Waals surface area (Å²) < 4.78 is 0. The number of aliphatic hydroxyl groups excluding tert-OH is 4. The smallest absolute Gasteiger partial charge is 0.328 e. The molecule has 0 spiro atoms. The van der Waals surface area contributed by atoms with E-state index in [9.17, 15) is 146 Å². The first kappa shape index (κ1) is 126. The number of aliphatic carboxylic acids is 2. The summed E-state index contributed by atoms with van der Waals surface area (Å²) in [6, 6.07) is -21.1. The zero-order chi connectivity index (χ0) is 109. The van der Waals surface area contributed by atoms with E-state index in [1.165, 1.54) is 38.1 Å². The molecular formula is C83H135N29O30S2. The number of primary amides is 2. The van der Waals surface area contributed by atoms with Crippen molar-refractivity contribution in [1.29, 1.82) is 10.8 Å². The van der Waals surface area contributed by atoms with Crippen LogP contribution in [0.25, 0.3) is 0 Å². The van der Waals surface area contributed by atoms with Gasteiger partial charge in [-0.3, -0.25) is 121 Å². The van der Waals surface area contributed by atoms with E-state index >= 15 is 0 Å². The number of amides is 22. The maximum Gasteiger partial charge on any atom is 0.328 e. The Balaban J connectivity index is 2.99. The number of carbonyl (C=O) groups excluding carboxylic acids is 22. The highest BCUT2D eigenvalue weighted by molar-refractivity contribution is 8.76. The molecule has 1 saturated heterocycles. The number of hydrogen-bond donors (Lipinski definition) is 35. The molecule has 0 aliphatic carbocycles. The largest absolute Gasteiger partial charge is 0.481 e. The van der Waals surface area contributed by atoms with E-state index in [2.05, 4.69) is 112 Å². The lowest BCUT2D eigenvalue weighted by Gasteiger charge is -2.29. The van der Waals surface area contributed by atoms with Gasteiger partial charge in [0.1, 0.15) is 96.7 Å². The molecule has 22 amide bonds. The molecule has 0 saturated carbocycles. The standard InChI is InChI=1S/C83H135N29O30S2/c1-8-39(5)64-79(139)97-29-59(120)98-41(7)66(126)102-46(19-20-56(85)117)71(131)108-51(33-114)70(130)96-30-61(122)100-47(23-38(3)4)68(128)95-31-62(123)101-54(77(137)105-49(25-57(86)118)74(134)109-53(35-116)81(141)142)36-143-144-37-55(110-76(136)52(34-115)107-67(127)43(84)32-113)78(138)104-48(24-42-15-11-10-12-16-42)69(129)94-27-58(119)93-28-60(121)99-44(17-13-21-91-82(87)88)72(132)112-65(40(6)9-2)80(140)106-50(26-63(124)125)75(135)103-45(73(133)111-64)18-14-22-92-83(89)90/h10-12,15-16,38-41,43-55,64-65,113-116H,8-9,13-14,17-37,84H2,1-7H3,(H2,85,117)(H2,86,118)(H,93,119)(H,94,129)(H,95,128)(H,96,130)(H,97,139)(H,98,120)(H,99,121)(H,100,122)(H,101,123)(H,102,126)(H,103,135)(H,104,138)(H,105,137)(H,106,140)(H,107,127)(H,108,131)(H,109,134)(H,110,136)(H,111,133)(H,112,132)(H,124,125)(H,141,142)(H4,87,88,91)(H4,89,90,92)/t39-,40-,41-,43-,44-,45-,46-,47-,48-,49-,50-,51-,52-,53-,54-,55-,64-,65-/m0/s1. The van der Waals surface area contributed by atoms with E-state index in [-0.39, 0.29) is 58.0 Å². The van der Waals surface area contributed by atoms with Crippen molar-refractivity contribution in [2.75, 3.05) is 83.7 Å². The third-order valence-electron chi connectivity index (χ3n) is 21.2. The summed E-state index contributed by atoms with van der Waals surface area (Å²) in [4.78, 5) is 329. The molecule has 1 heterocycles. The van der Waals surface area contributed by atoms with Gasteiger partial charge in [-0.1, -0.05) is 106 Å². The van der Waals surface area contributed by atoms with Crippen molar-refractivity contribution >= 4 is 175 Å². The second kappa shape index (κ2) is 66.3. The summed E-state index contributed by atoms with van der Waals surface area (Å²) in [7, 11) is 1.19. The molecule has 1 aliphatic rings. The molecule has 2 rings (SSSR count). The summed E-state index contributed by atoms with van der Waals surface area (Å²) in [5.41, 5.74) is 27.7. The fourth-order valence-electron chi connectivity index (χ4n) is 12.8. The summed E-state index contributed by atoms with van der Waals surface area (Å²) in [6.45, 7) is 0.820. The van der Waals surface area contributed by atoms with Gasteiger partial charge < -0.3 is 176 Å². The lowest BCUT2D eigenvalue weighted by molar-refractivity contribution is -0.143. The molecule has 1 fully saturated rings. The highest BCUT2D eigenvalue weighted by Crippen LogP contribution is 2.24. The van der Waals surface area contributed by atoms with E-state index in [0.717, 1.165) is 6.92 Å². The van der Waals surface area contributed by atoms with Gasteiger partial charge in [0.2, 0.25) is 130 Å². The second-order valence-corrected chi connectivity index (χ2v) is 35.9. The number of aliphatic hydroxyl groups is 4. The number of hydrogen-bond acceptors (Lipinski definition) is 33. The minimum Gasteiger partial charge on any atom is -0.481 e. The van der Waals surface area contributed by atoms with E-state index < -0.39 is 371 Å². The molecule has 1 aromatic rings. The van der Waals surface area contributed by atoms with Crippen LogP contribution in [0.3, 0.4) is 0 Å². The molecule has 0 radical (unpaired) electrons. The molecule has 144 heavy (non-hydrogen) atoms. The number of nitrogens with two attached hydrogens (primary N) is 5. The van der Waals surface area contributed by atoms with Gasteiger partial charge in [-0.2, -0.15) is 0 Å². The molecule has 0 unspecified atom stereocenters. The summed E-state index contributed by atoms with van der Waals surface area (Å²) in [5.74, 6) is -33.9. The van der Waals surface area contributed by atoms with Gasteiger partial charge >= 0.3 is 11.9 Å². The van der Waals surface area contributed by atoms with Crippen LogP contribution in [0.1, 0.15) is 125 Å². The molecule has 61 heteroatoms. The van der Waals surface area contributed by atoms with Crippen LogP contribution < -0.4 is 146 Å². The van der Waals surface area contributed by atoms with Crippen LogP contribution in [0.15, 0.2) is 30.3 Å². The first-order valence-electron chi connectivity index (χ1n) is 45.4. The highest BCUT2D eigenvalue weighted by Gasteiger charge is 2.40. The topological polar surface area (TPSA) is 974 Å². The third-order valence-corrected chi connectivity index (χ3v) is 23.6. The molecule has 18 atom stereocenters. The van der Waals surface area contributed by atoms with Crippen molar-refractivity contribution in [2.45, 2.75) is 222 Å². The highest BCUT2D eigenvalue weighted by atomic mass is 33.1. The number of carboxylic acids is 2. The third kappa shape index (κ3) is 48.8. The Morgan fingerprint density at radius 2 is 0.889 bits per heavy atom. The van der Waals surface area contributed by atoms with E-state index in [1.807, 2.05) is 5.32 Å². The number of carboxylic acid groups (broad SMARTS) is 2. The first-order valence-corrected chi connectivity index (χ1v) is 47.8. The van der Waals surface area contributed by atoms with Gasteiger partial charge in [0.05, 0.1) is 72.0 Å². The summed E-state index contributed by atoms with van der Waals surface area (Å²) >= 11 is 0. The minimum absolute atomic E-state index is 0.0449. The number of carbonyl (C=O) groups is 24. The van der Waals surface area contributed by atoms with Crippen molar-refractivity contribution in [3.8, 4) is 0 Å². The van der Waals surface area contributed by atoms with E-state index in [4.69, 9.17) is 39.5 Å². The number of nitrogens with one attached hydrogen (secondary N) is 24. The van der Waals surface area contributed by atoms with Crippen LogP contribution in [0.5, 0.6) is 0 Å². The van der Waals surface area contributed by atoms with Gasteiger partial charge in [0.15, 0.2) is 11.9 Å². The van der Waals surface area contributed by atoms with Crippen LogP contribution in [-0.4, -0.2) is 365 Å². The van der Waals surface area contributed by atoms with Crippen LogP contribution >= 0.6 is 21.6 Å². The Kier molecular flexibility index (Phi) is 57.9. The van der Waals surface area contributed by atoms with Crippen LogP contribution in [0, 0.1) is 28.6 Å². The quantitative estimate of drug-likeness (QED) is 0.0128. The van der Waals surface area contributed by atoms with Crippen LogP contribution in [-0.2, 0) is 121 Å².